The van der Waals surface area contributed by atoms with Crippen LogP contribution in [0.15, 0.2) is 34.9 Å². The van der Waals surface area contributed by atoms with E-state index < -0.39 is 5.97 Å². The number of aromatic nitrogens is 1. The number of carbonyl (C=O) groups is 2. The molecule has 0 N–H and O–H groups in total. The third-order valence-electron chi connectivity index (χ3n) is 4.23. The van der Waals surface area contributed by atoms with Crippen LogP contribution in [-0.4, -0.2) is 41.6 Å². The summed E-state index contributed by atoms with van der Waals surface area (Å²) in [5.41, 5.74) is 1.62. The van der Waals surface area contributed by atoms with Crippen molar-refractivity contribution in [3.05, 3.63) is 41.6 Å². The molecule has 1 aromatic heterocycles. The Hall–Kier alpha value is -2.63. The van der Waals surface area contributed by atoms with Crippen LogP contribution in [-0.2, 0) is 9.53 Å². The molecule has 1 saturated heterocycles. The molecule has 0 aliphatic carbocycles. The number of ether oxygens (including phenoxy) is 1. The Morgan fingerprint density at radius 3 is 2.79 bits per heavy atom. The summed E-state index contributed by atoms with van der Waals surface area (Å²) in [6.45, 7) is 5.20. The predicted molar refractivity (Wildman–Crippen MR) is 87.3 cm³/mol. The molecule has 0 bridgehead atoms. The highest BCUT2D eigenvalue weighted by molar-refractivity contribution is 5.96. The first-order valence-corrected chi connectivity index (χ1v) is 8.06. The molecular weight excluding hydrogens is 308 g/mol. The first-order valence-electron chi connectivity index (χ1n) is 8.06. The number of esters is 1. The zero-order chi connectivity index (χ0) is 17.1. The summed E-state index contributed by atoms with van der Waals surface area (Å²) in [6.07, 6.45) is 0.426. The molecule has 0 unspecified atom stereocenters. The highest BCUT2D eigenvalue weighted by Crippen LogP contribution is 2.27. The van der Waals surface area contributed by atoms with Crippen LogP contribution in [0.4, 0.5) is 0 Å². The van der Waals surface area contributed by atoms with Crippen molar-refractivity contribution in [3.63, 3.8) is 0 Å². The first kappa shape index (κ1) is 16.2. The second-order valence-corrected chi connectivity index (χ2v) is 5.94. The van der Waals surface area contributed by atoms with Crippen LogP contribution < -0.4 is 0 Å². The van der Waals surface area contributed by atoms with E-state index in [-0.39, 0.29) is 18.4 Å². The fraction of sp³-hybridized carbons (Fsp3) is 0.389. The molecule has 1 amide bonds. The maximum Gasteiger partial charge on any atom is 0.344 e. The SMILES string of the molecule is CCN1C[C@@H](COC(=O)c2c(C)noc2-c2ccccc2)CC1=O. The normalized spacial score (nSPS) is 17.3. The van der Waals surface area contributed by atoms with Crippen molar-refractivity contribution < 1.29 is 18.8 Å². The van der Waals surface area contributed by atoms with E-state index in [9.17, 15) is 9.59 Å². The Bertz CT molecular complexity index is 739. The highest BCUT2D eigenvalue weighted by atomic mass is 16.5. The summed E-state index contributed by atoms with van der Waals surface area (Å²) in [5, 5.41) is 3.89. The first-order chi connectivity index (χ1) is 11.6. The van der Waals surface area contributed by atoms with Crippen molar-refractivity contribution in [2.45, 2.75) is 20.3 Å². The van der Waals surface area contributed by atoms with Crippen LogP contribution in [0.1, 0.15) is 29.4 Å². The van der Waals surface area contributed by atoms with Gasteiger partial charge in [-0.25, -0.2) is 4.79 Å². The van der Waals surface area contributed by atoms with Crippen molar-refractivity contribution >= 4 is 11.9 Å². The van der Waals surface area contributed by atoms with E-state index in [0.29, 0.717) is 36.5 Å². The molecule has 6 nitrogen and oxygen atoms in total. The van der Waals surface area contributed by atoms with Crippen molar-refractivity contribution in [2.75, 3.05) is 19.7 Å². The number of rotatable bonds is 5. The van der Waals surface area contributed by atoms with Crippen LogP contribution in [0.25, 0.3) is 11.3 Å². The fourth-order valence-electron chi connectivity index (χ4n) is 2.93. The molecule has 0 saturated carbocycles. The van der Waals surface area contributed by atoms with Gasteiger partial charge in [0.2, 0.25) is 5.91 Å². The van der Waals surface area contributed by atoms with Crippen molar-refractivity contribution in [1.29, 1.82) is 0 Å². The summed E-state index contributed by atoms with van der Waals surface area (Å²) in [5.74, 6) is 0.109. The van der Waals surface area contributed by atoms with E-state index in [1.165, 1.54) is 0 Å². The minimum atomic E-state index is -0.463. The average Bonchev–Trinajstić information content (AvgIpc) is 3.16. The van der Waals surface area contributed by atoms with Crippen molar-refractivity contribution in [2.24, 2.45) is 5.92 Å². The number of likely N-dealkylation sites (tertiary alicyclic amines) is 1. The zero-order valence-corrected chi connectivity index (χ0v) is 13.8. The van der Waals surface area contributed by atoms with Gasteiger partial charge in [-0.3, -0.25) is 4.79 Å². The maximum absolute atomic E-state index is 12.5. The monoisotopic (exact) mass is 328 g/mol. The summed E-state index contributed by atoms with van der Waals surface area (Å²) < 4.78 is 10.7. The van der Waals surface area contributed by atoms with Crippen LogP contribution >= 0.6 is 0 Å². The lowest BCUT2D eigenvalue weighted by Crippen LogP contribution is -2.25. The van der Waals surface area contributed by atoms with E-state index in [1.807, 2.05) is 37.3 Å². The van der Waals surface area contributed by atoms with Crippen LogP contribution in [0.3, 0.4) is 0 Å². The van der Waals surface area contributed by atoms with Gasteiger partial charge in [0.05, 0.1) is 12.3 Å². The standard InChI is InChI=1S/C18H20N2O4/c1-3-20-10-13(9-15(20)21)11-23-18(22)16-12(2)19-24-17(16)14-7-5-4-6-8-14/h4-8,13H,3,9-11H2,1-2H3/t13-/m0/s1. The number of benzene rings is 1. The Morgan fingerprint density at radius 1 is 1.38 bits per heavy atom. The Morgan fingerprint density at radius 2 is 2.12 bits per heavy atom. The number of carbonyl (C=O) groups excluding carboxylic acids is 2. The molecule has 6 heteroatoms. The lowest BCUT2D eigenvalue weighted by molar-refractivity contribution is -0.127. The number of hydrogen-bond donors (Lipinski definition) is 0. The van der Waals surface area contributed by atoms with Crippen LogP contribution in [0, 0.1) is 12.8 Å². The topological polar surface area (TPSA) is 72.6 Å². The van der Waals surface area contributed by atoms with Gasteiger partial charge in [-0.1, -0.05) is 35.5 Å². The molecule has 0 spiro atoms. The lowest BCUT2D eigenvalue weighted by Gasteiger charge is -2.13. The van der Waals surface area contributed by atoms with Crippen molar-refractivity contribution in [3.8, 4) is 11.3 Å². The third kappa shape index (κ3) is 3.18. The summed E-state index contributed by atoms with van der Waals surface area (Å²) >= 11 is 0. The highest BCUT2D eigenvalue weighted by Gasteiger charge is 2.30. The minimum Gasteiger partial charge on any atom is -0.462 e. The largest absolute Gasteiger partial charge is 0.462 e. The molecule has 2 heterocycles. The van der Waals surface area contributed by atoms with Gasteiger partial charge in [-0.2, -0.15) is 0 Å². The molecule has 24 heavy (non-hydrogen) atoms. The third-order valence-corrected chi connectivity index (χ3v) is 4.23. The molecule has 1 aliphatic heterocycles. The number of amides is 1. The van der Waals surface area contributed by atoms with E-state index in [0.717, 1.165) is 5.56 Å². The molecule has 1 aliphatic rings. The Labute approximate surface area is 140 Å². The Balaban J connectivity index is 1.70. The van der Waals surface area contributed by atoms with Gasteiger partial charge in [-0.15, -0.1) is 0 Å². The van der Waals surface area contributed by atoms with E-state index in [1.54, 1.807) is 11.8 Å². The smallest absolute Gasteiger partial charge is 0.344 e. The molecule has 1 aromatic carbocycles. The van der Waals surface area contributed by atoms with Crippen LogP contribution in [0.2, 0.25) is 0 Å². The number of nitrogens with zero attached hydrogens (tertiary/aromatic N) is 2. The molecule has 126 valence electrons. The fourth-order valence-corrected chi connectivity index (χ4v) is 2.93. The molecule has 1 fully saturated rings. The summed E-state index contributed by atoms with van der Waals surface area (Å²) in [4.78, 5) is 26.0. The van der Waals surface area contributed by atoms with E-state index in [2.05, 4.69) is 5.16 Å². The molecule has 1 atom stereocenters. The average molecular weight is 328 g/mol. The predicted octanol–water partition coefficient (Wildman–Crippen LogP) is 2.68. The number of aryl methyl sites for hydroxylation is 1. The second kappa shape index (κ2) is 6.86. The van der Waals surface area contributed by atoms with E-state index >= 15 is 0 Å². The van der Waals surface area contributed by atoms with Crippen LogP contribution in [0.5, 0.6) is 0 Å². The lowest BCUT2D eigenvalue weighted by atomic mass is 10.1. The van der Waals surface area contributed by atoms with Gasteiger partial charge < -0.3 is 14.2 Å². The zero-order valence-electron chi connectivity index (χ0n) is 13.8. The Kier molecular flexibility index (Phi) is 4.64. The maximum atomic E-state index is 12.5. The van der Waals surface area contributed by atoms with Crippen molar-refractivity contribution in [1.82, 2.24) is 10.1 Å². The number of hydrogen-bond acceptors (Lipinski definition) is 5. The summed E-state index contributed by atoms with van der Waals surface area (Å²) in [6, 6.07) is 9.33. The van der Waals surface area contributed by atoms with Gasteiger partial charge in [0.1, 0.15) is 5.56 Å². The van der Waals surface area contributed by atoms with Gasteiger partial charge in [0, 0.05) is 31.0 Å². The van der Waals surface area contributed by atoms with E-state index in [4.69, 9.17) is 9.26 Å². The molecule has 3 rings (SSSR count). The molecule has 0 radical (unpaired) electrons. The van der Waals surface area contributed by atoms with Gasteiger partial charge in [-0.05, 0) is 13.8 Å². The molecule has 2 aromatic rings. The van der Waals surface area contributed by atoms with Gasteiger partial charge >= 0.3 is 5.97 Å². The molecular formula is C18H20N2O4. The van der Waals surface area contributed by atoms with Gasteiger partial charge in [0.25, 0.3) is 0 Å². The van der Waals surface area contributed by atoms with Gasteiger partial charge in [0.15, 0.2) is 5.76 Å². The quantitative estimate of drug-likeness (QED) is 0.789. The summed E-state index contributed by atoms with van der Waals surface area (Å²) in [7, 11) is 0. The minimum absolute atomic E-state index is 0.0433. The second-order valence-electron chi connectivity index (χ2n) is 5.94.